The van der Waals surface area contributed by atoms with Gasteiger partial charge in [-0.05, 0) is 22.5 Å². The van der Waals surface area contributed by atoms with Gasteiger partial charge in [-0.3, -0.25) is 0 Å². The second-order valence-corrected chi connectivity index (χ2v) is 10.7. The maximum absolute atomic E-state index is 15.0. The monoisotopic (exact) mass is 348 g/mol. The number of halogens is 2. The van der Waals surface area contributed by atoms with E-state index in [-0.39, 0.29) is 22.3 Å². The Balaban J connectivity index is 3.78. The molecule has 0 saturated heterocycles. The van der Waals surface area contributed by atoms with Crippen molar-refractivity contribution in [1.29, 1.82) is 0 Å². The van der Waals surface area contributed by atoms with Gasteiger partial charge in [0.05, 0.1) is 6.10 Å². The molecule has 1 heterocycles. The van der Waals surface area contributed by atoms with Crippen molar-refractivity contribution in [3.8, 4) is 0 Å². The molecule has 0 aromatic carbocycles. The Kier molecular flexibility index (Phi) is 5.76. The highest BCUT2D eigenvalue weighted by atomic mass is 32.2. The molecular formula is C19H34F2OS. The van der Waals surface area contributed by atoms with E-state index in [1.165, 1.54) is 0 Å². The van der Waals surface area contributed by atoms with Crippen molar-refractivity contribution >= 4 is 11.8 Å². The summed E-state index contributed by atoms with van der Waals surface area (Å²) in [6.45, 7) is 18.1. The molecule has 0 amide bonds. The first-order valence-corrected chi connectivity index (χ1v) is 9.73. The SMILES string of the molecule is CSCC1OC(F)(F)C(C(C)(C)C)=C(C(C)(C)C)C1C(C)(C)C. The maximum Gasteiger partial charge on any atom is 0.380 e. The van der Waals surface area contributed by atoms with Gasteiger partial charge in [-0.1, -0.05) is 67.9 Å². The van der Waals surface area contributed by atoms with Gasteiger partial charge in [0.25, 0.3) is 0 Å². The van der Waals surface area contributed by atoms with E-state index in [9.17, 15) is 8.78 Å². The van der Waals surface area contributed by atoms with E-state index in [0.717, 1.165) is 5.57 Å². The summed E-state index contributed by atoms with van der Waals surface area (Å²) in [4.78, 5) is 0. The zero-order chi connectivity index (χ0) is 18.4. The van der Waals surface area contributed by atoms with Gasteiger partial charge >= 0.3 is 6.11 Å². The minimum Gasteiger partial charge on any atom is -0.312 e. The highest BCUT2D eigenvalue weighted by molar-refractivity contribution is 7.98. The van der Waals surface area contributed by atoms with Crippen molar-refractivity contribution in [3.63, 3.8) is 0 Å². The predicted octanol–water partition coefficient (Wildman–Crippen LogP) is 6.39. The highest BCUT2D eigenvalue weighted by Crippen LogP contribution is 2.56. The Morgan fingerprint density at radius 3 is 1.74 bits per heavy atom. The number of hydrogen-bond donors (Lipinski definition) is 0. The van der Waals surface area contributed by atoms with Crippen LogP contribution in [0.1, 0.15) is 62.3 Å². The molecule has 1 nitrogen and oxygen atoms in total. The molecule has 2 atom stereocenters. The summed E-state index contributed by atoms with van der Waals surface area (Å²) in [6, 6.07) is 0. The lowest BCUT2D eigenvalue weighted by atomic mass is 9.61. The lowest BCUT2D eigenvalue weighted by Gasteiger charge is -2.51. The zero-order valence-electron chi connectivity index (χ0n) is 16.4. The second kappa shape index (κ2) is 6.33. The van der Waals surface area contributed by atoms with Crippen molar-refractivity contribution in [3.05, 3.63) is 11.1 Å². The molecule has 0 aromatic rings. The fraction of sp³-hybridized carbons (Fsp3) is 0.895. The van der Waals surface area contributed by atoms with Gasteiger partial charge in [0.2, 0.25) is 0 Å². The van der Waals surface area contributed by atoms with Crippen LogP contribution in [0.4, 0.5) is 8.78 Å². The van der Waals surface area contributed by atoms with E-state index in [2.05, 4.69) is 20.8 Å². The molecular weight excluding hydrogens is 314 g/mol. The largest absolute Gasteiger partial charge is 0.380 e. The average Bonchev–Trinajstić information content (AvgIpc) is 2.21. The molecule has 0 spiro atoms. The van der Waals surface area contributed by atoms with Crippen molar-refractivity contribution in [2.24, 2.45) is 22.2 Å². The molecule has 4 heteroatoms. The Morgan fingerprint density at radius 1 is 0.957 bits per heavy atom. The molecule has 2 unspecified atom stereocenters. The van der Waals surface area contributed by atoms with Gasteiger partial charge in [-0.2, -0.15) is 20.5 Å². The van der Waals surface area contributed by atoms with E-state index in [4.69, 9.17) is 4.74 Å². The number of thioether (sulfide) groups is 1. The molecule has 0 radical (unpaired) electrons. The van der Waals surface area contributed by atoms with Crippen molar-refractivity contribution < 1.29 is 13.5 Å². The molecule has 0 N–H and O–H groups in total. The van der Waals surface area contributed by atoms with Crippen LogP contribution >= 0.6 is 11.8 Å². The molecule has 136 valence electrons. The quantitative estimate of drug-likeness (QED) is 0.535. The number of alkyl halides is 2. The lowest BCUT2D eigenvalue weighted by Crippen LogP contribution is -2.52. The second-order valence-electron chi connectivity index (χ2n) is 9.76. The summed E-state index contributed by atoms with van der Waals surface area (Å²) in [7, 11) is 0. The van der Waals surface area contributed by atoms with Crippen molar-refractivity contribution in [2.45, 2.75) is 74.5 Å². The summed E-state index contributed by atoms with van der Waals surface area (Å²) in [6.07, 6.45) is -1.73. The van der Waals surface area contributed by atoms with Crippen molar-refractivity contribution in [2.75, 3.05) is 12.0 Å². The molecule has 1 aliphatic heterocycles. The Bertz CT molecular complexity index is 461. The smallest absolute Gasteiger partial charge is 0.312 e. The number of ether oxygens (including phenoxy) is 1. The van der Waals surface area contributed by atoms with Gasteiger partial charge in [-0.15, -0.1) is 0 Å². The van der Waals surface area contributed by atoms with Gasteiger partial charge in [0, 0.05) is 17.2 Å². The van der Waals surface area contributed by atoms with Gasteiger partial charge in [0.15, 0.2) is 0 Å². The molecule has 0 fully saturated rings. The minimum atomic E-state index is -3.21. The number of hydrogen-bond acceptors (Lipinski definition) is 2. The molecule has 0 aliphatic carbocycles. The van der Waals surface area contributed by atoms with E-state index in [1.54, 1.807) is 11.8 Å². The predicted molar refractivity (Wildman–Crippen MR) is 97.1 cm³/mol. The number of rotatable bonds is 2. The summed E-state index contributed by atoms with van der Waals surface area (Å²) in [5, 5.41) is 0. The van der Waals surface area contributed by atoms with Crippen LogP contribution in [0, 0.1) is 22.2 Å². The standard InChI is InChI=1S/C19H34F2OS/c1-16(2,3)13-12(11-23-10)22-19(20,21)15(18(7,8)9)14(13)17(4,5)6/h12-13H,11H2,1-10H3. The third-order valence-electron chi connectivity index (χ3n) is 4.36. The van der Waals surface area contributed by atoms with Crippen LogP contribution in [0.25, 0.3) is 0 Å². The van der Waals surface area contributed by atoms with Crippen LogP contribution in [0.15, 0.2) is 11.1 Å². The summed E-state index contributed by atoms with van der Waals surface area (Å²) in [5.41, 5.74) is -0.0528. The minimum absolute atomic E-state index is 0.0243. The Morgan fingerprint density at radius 2 is 1.43 bits per heavy atom. The Labute approximate surface area is 145 Å². The molecule has 1 rings (SSSR count). The normalized spacial score (nSPS) is 26.6. The van der Waals surface area contributed by atoms with Crippen LogP contribution in [-0.2, 0) is 4.74 Å². The molecule has 23 heavy (non-hydrogen) atoms. The fourth-order valence-electron chi connectivity index (χ4n) is 3.78. The maximum atomic E-state index is 15.0. The third kappa shape index (κ3) is 4.50. The molecule has 0 bridgehead atoms. The van der Waals surface area contributed by atoms with Crippen LogP contribution < -0.4 is 0 Å². The van der Waals surface area contributed by atoms with Crippen molar-refractivity contribution in [1.82, 2.24) is 0 Å². The Hall–Kier alpha value is -0.0900. The zero-order valence-corrected chi connectivity index (χ0v) is 17.3. The van der Waals surface area contributed by atoms with E-state index < -0.39 is 17.6 Å². The van der Waals surface area contributed by atoms with Gasteiger partial charge in [-0.25, -0.2) is 0 Å². The lowest BCUT2D eigenvalue weighted by molar-refractivity contribution is -0.263. The summed E-state index contributed by atoms with van der Waals surface area (Å²) in [5.74, 6) is 0.554. The summed E-state index contributed by atoms with van der Waals surface area (Å²) < 4.78 is 35.4. The average molecular weight is 349 g/mol. The van der Waals surface area contributed by atoms with E-state index >= 15 is 0 Å². The van der Waals surface area contributed by atoms with Gasteiger partial charge < -0.3 is 4.74 Å². The topological polar surface area (TPSA) is 9.23 Å². The first kappa shape index (κ1) is 21.0. The van der Waals surface area contributed by atoms with Crippen LogP contribution in [0.3, 0.4) is 0 Å². The first-order chi connectivity index (χ1) is 10.0. The van der Waals surface area contributed by atoms with Crippen LogP contribution in [-0.4, -0.2) is 24.2 Å². The molecule has 0 saturated carbocycles. The fourth-order valence-corrected chi connectivity index (χ4v) is 4.37. The third-order valence-corrected chi connectivity index (χ3v) is 5.03. The van der Waals surface area contributed by atoms with E-state index in [0.29, 0.717) is 5.75 Å². The van der Waals surface area contributed by atoms with Gasteiger partial charge in [0.1, 0.15) is 0 Å². The summed E-state index contributed by atoms with van der Waals surface area (Å²) >= 11 is 1.57. The van der Waals surface area contributed by atoms with E-state index in [1.807, 2.05) is 47.8 Å². The highest BCUT2D eigenvalue weighted by Gasteiger charge is 2.56. The first-order valence-electron chi connectivity index (χ1n) is 8.33. The molecule has 1 aliphatic rings. The molecule has 0 aromatic heterocycles. The van der Waals surface area contributed by atoms with Crippen LogP contribution in [0.2, 0.25) is 0 Å². The van der Waals surface area contributed by atoms with Crippen LogP contribution in [0.5, 0.6) is 0 Å².